The first kappa shape index (κ1) is 61.8. The molecule has 7 atom stereocenters. The summed E-state index contributed by atoms with van der Waals surface area (Å²) in [5.74, 6) is -3.36. The molecule has 412 valence electrons. The molecule has 3 aromatic rings. The number of amides is 2. The maximum Gasteiger partial charge on any atom is 0.303 e. The van der Waals surface area contributed by atoms with Crippen molar-refractivity contribution in [3.63, 3.8) is 0 Å². The second kappa shape index (κ2) is 31.9. The van der Waals surface area contributed by atoms with E-state index in [1.807, 2.05) is 78.9 Å². The Balaban J connectivity index is 1.47. The van der Waals surface area contributed by atoms with Gasteiger partial charge in [0.05, 0.1) is 72.3 Å². The van der Waals surface area contributed by atoms with Crippen LogP contribution in [0.25, 0.3) is 0 Å². The molecule has 3 aromatic carbocycles. The predicted molar refractivity (Wildman–Crippen MR) is 273 cm³/mol. The van der Waals surface area contributed by atoms with Crippen molar-refractivity contribution < 1.29 is 80.4 Å². The lowest BCUT2D eigenvalue weighted by molar-refractivity contribution is -0.290. The Morgan fingerprint density at radius 2 is 1.33 bits per heavy atom. The molecule has 3 N–H and O–H groups in total. The Labute approximate surface area is 440 Å². The number of carbonyl (C=O) groups is 5. The zero-order chi connectivity index (χ0) is 54.9. The van der Waals surface area contributed by atoms with Gasteiger partial charge < -0.3 is 67.5 Å². The molecule has 1 heterocycles. The first-order chi connectivity index (χ1) is 35.9. The van der Waals surface area contributed by atoms with E-state index in [9.17, 15) is 29.2 Å². The minimum absolute atomic E-state index is 0.0194. The summed E-state index contributed by atoms with van der Waals surface area (Å²) >= 11 is 0. The van der Waals surface area contributed by atoms with Gasteiger partial charge in [-0.15, -0.1) is 0 Å². The van der Waals surface area contributed by atoms with Gasteiger partial charge in [-0.25, -0.2) is 4.67 Å². The van der Waals surface area contributed by atoms with Gasteiger partial charge in [0.25, 0.3) is 8.53 Å². The minimum atomic E-state index is -1.72. The predicted octanol–water partition coefficient (Wildman–Crippen LogP) is 5.48. The molecule has 21 nitrogen and oxygen atoms in total. The smallest absolute Gasteiger partial charge is 0.303 e. The Hall–Kier alpha value is -5.79. The van der Waals surface area contributed by atoms with Gasteiger partial charge in [-0.1, -0.05) is 54.6 Å². The number of nitrogens with one attached hydrogen (secondary N) is 1. The molecule has 0 aromatic heterocycles. The summed E-state index contributed by atoms with van der Waals surface area (Å²) < 4.78 is 73.4. The number of carbonyl (C=O) groups excluding carboxylic acids is 5. The van der Waals surface area contributed by atoms with Gasteiger partial charge in [0.15, 0.2) is 12.4 Å². The fraction of sp³-hybridized carbons (Fsp3) is 0.547. The highest BCUT2D eigenvalue weighted by Crippen LogP contribution is 2.48. The summed E-state index contributed by atoms with van der Waals surface area (Å²) in [4.78, 5) is 61.1. The highest BCUT2D eigenvalue weighted by atomic mass is 31.2. The minimum Gasteiger partial charge on any atom is -0.497 e. The van der Waals surface area contributed by atoms with E-state index in [0.717, 1.165) is 37.5 Å². The molecular weight excluding hydrogens is 996 g/mol. The fourth-order valence-electron chi connectivity index (χ4n) is 8.31. The van der Waals surface area contributed by atoms with E-state index in [2.05, 4.69) is 43.8 Å². The van der Waals surface area contributed by atoms with Crippen LogP contribution in [0.15, 0.2) is 78.9 Å². The van der Waals surface area contributed by atoms with Gasteiger partial charge >= 0.3 is 17.9 Å². The van der Waals surface area contributed by atoms with Gasteiger partial charge in [0.1, 0.15) is 48.6 Å². The van der Waals surface area contributed by atoms with Gasteiger partial charge in [0.2, 0.25) is 11.8 Å². The summed E-state index contributed by atoms with van der Waals surface area (Å²) in [6.45, 7) is 11.3. The van der Waals surface area contributed by atoms with Crippen molar-refractivity contribution in [2.45, 2.75) is 110 Å². The zero-order valence-electron chi connectivity index (χ0n) is 44.3. The van der Waals surface area contributed by atoms with E-state index in [1.165, 1.54) is 0 Å². The van der Waals surface area contributed by atoms with Crippen molar-refractivity contribution >= 4 is 38.2 Å². The zero-order valence-corrected chi connectivity index (χ0v) is 45.2. The van der Waals surface area contributed by atoms with Crippen molar-refractivity contribution in [1.82, 2.24) is 9.99 Å². The van der Waals surface area contributed by atoms with Gasteiger partial charge in [-0.3, -0.25) is 24.0 Å². The second-order valence-corrected chi connectivity index (χ2v) is 19.2. The van der Waals surface area contributed by atoms with E-state index in [4.69, 9.17) is 62.1 Å². The lowest BCUT2D eigenvalue weighted by Crippen LogP contribution is -2.60. The van der Waals surface area contributed by atoms with Crippen molar-refractivity contribution in [2.24, 2.45) is 11.7 Å². The van der Waals surface area contributed by atoms with Crippen LogP contribution in [0.4, 0.5) is 0 Å². The third kappa shape index (κ3) is 19.4. The maximum atomic E-state index is 13.0. The molecule has 0 bridgehead atoms. The van der Waals surface area contributed by atoms with Crippen LogP contribution in [0.2, 0.25) is 0 Å². The number of benzene rings is 3. The van der Waals surface area contributed by atoms with Crippen molar-refractivity contribution in [2.75, 3.05) is 73.6 Å². The number of rotatable bonds is 33. The fourth-order valence-corrected chi connectivity index (χ4v) is 9.99. The van der Waals surface area contributed by atoms with Crippen LogP contribution < -0.4 is 20.5 Å². The van der Waals surface area contributed by atoms with E-state index in [1.54, 1.807) is 14.2 Å². The SMILES string of the molecule is COc1ccc(C(OC[C@H](COCCOCCNC(=O)CO[C@@H]2O[C@H](COC(C)=O)[C@H](OC(C)=O)[C@H](OC(C)=O)[C@H]2CC(N)=O)OP(OCCC#N)N(C(C)C)C(C)C)(c2ccccc2)c2ccc(OC)cc2)cc1. The van der Waals surface area contributed by atoms with Gasteiger partial charge in [-0.05, 0) is 68.7 Å². The number of hydrogen-bond acceptors (Lipinski definition) is 19. The second-order valence-electron chi connectivity index (χ2n) is 17.8. The molecule has 2 amide bonds. The van der Waals surface area contributed by atoms with E-state index >= 15 is 0 Å². The number of hydrogen-bond donors (Lipinski definition) is 2. The molecule has 1 aliphatic rings. The Kier molecular flexibility index (Phi) is 26.3. The van der Waals surface area contributed by atoms with Crippen LogP contribution >= 0.6 is 8.53 Å². The number of methoxy groups -OCH3 is 2. The quantitative estimate of drug-likeness (QED) is 0.0251. The average molecular weight is 1070 g/mol. The lowest BCUT2D eigenvalue weighted by Gasteiger charge is -2.44. The molecule has 1 aliphatic heterocycles. The number of primary amides is 1. The summed E-state index contributed by atoms with van der Waals surface area (Å²) in [5, 5.41) is 12.1. The van der Waals surface area contributed by atoms with Crippen LogP contribution in [0.3, 0.4) is 0 Å². The van der Waals surface area contributed by atoms with Crippen LogP contribution in [0, 0.1) is 17.2 Å². The Morgan fingerprint density at radius 3 is 1.87 bits per heavy atom. The monoisotopic (exact) mass is 1070 g/mol. The lowest BCUT2D eigenvalue weighted by atomic mass is 9.80. The van der Waals surface area contributed by atoms with E-state index < -0.39 is 100 Å². The molecule has 0 saturated carbocycles. The molecule has 0 radical (unpaired) electrons. The summed E-state index contributed by atoms with van der Waals surface area (Å²) in [6.07, 6.45) is -6.18. The van der Waals surface area contributed by atoms with Crippen LogP contribution in [-0.4, -0.2) is 151 Å². The number of ether oxygens (including phenoxy) is 10. The molecular formula is C53H73N4O17P. The molecule has 0 spiro atoms. The first-order valence-corrected chi connectivity index (χ1v) is 25.8. The third-order valence-electron chi connectivity index (χ3n) is 11.4. The Bertz CT molecular complexity index is 2210. The first-order valence-electron chi connectivity index (χ1n) is 24.6. The molecule has 1 saturated heterocycles. The van der Waals surface area contributed by atoms with Crippen LogP contribution in [0.5, 0.6) is 11.5 Å². The van der Waals surface area contributed by atoms with E-state index in [-0.39, 0.29) is 64.7 Å². The van der Waals surface area contributed by atoms with Crippen molar-refractivity contribution in [3.8, 4) is 17.6 Å². The normalized spacial score (nSPS) is 18.4. The third-order valence-corrected chi connectivity index (χ3v) is 13.6. The van der Waals surface area contributed by atoms with Crippen LogP contribution in [0.1, 0.15) is 78.0 Å². The van der Waals surface area contributed by atoms with E-state index in [0.29, 0.717) is 11.5 Å². The molecule has 0 aliphatic carbocycles. The number of esters is 3. The number of nitrogens with two attached hydrogens (primary N) is 1. The van der Waals surface area contributed by atoms with Gasteiger partial charge in [-0.2, -0.15) is 5.26 Å². The summed E-state index contributed by atoms with van der Waals surface area (Å²) in [7, 11) is 1.50. The Morgan fingerprint density at radius 1 is 0.760 bits per heavy atom. The van der Waals surface area contributed by atoms with Crippen molar-refractivity contribution in [1.29, 1.82) is 5.26 Å². The molecule has 75 heavy (non-hydrogen) atoms. The van der Waals surface area contributed by atoms with Crippen molar-refractivity contribution in [3.05, 3.63) is 95.6 Å². The topological polar surface area (TPSA) is 261 Å². The maximum absolute atomic E-state index is 13.0. The standard InChI is InChI=1S/C53H73N4O17P/c1-35(2)57(36(3)4)75(70-26-13-24-54)74-45(32-69-53(40-14-11-10-12-15-40,41-16-20-43(63-8)21-17-41)42-18-22-44(64-9)23-19-42)31-66-29-28-65-27-25-56-49(62)34-68-52-46(30-48(55)61)50(71-38(6)59)51(72-39(7)60)47(73-52)33-67-37(5)58/h10-12,14-23,35-36,45-47,50-52H,13,25-34H2,1-9H3,(H2,55,61)(H,56,62)/t45-,46+,47+,50+,51-,52+,75?/m0/s1. The molecule has 1 fully saturated rings. The summed E-state index contributed by atoms with van der Waals surface area (Å²) in [5.41, 5.74) is 6.87. The highest BCUT2D eigenvalue weighted by molar-refractivity contribution is 7.44. The largest absolute Gasteiger partial charge is 0.497 e. The number of nitrogens with zero attached hydrogens (tertiary/aromatic N) is 2. The summed E-state index contributed by atoms with van der Waals surface area (Å²) in [6, 6.07) is 27.5. The molecule has 4 rings (SSSR count). The van der Waals surface area contributed by atoms with Crippen LogP contribution in [-0.2, 0) is 76.5 Å². The highest BCUT2D eigenvalue weighted by Gasteiger charge is 2.51. The molecule has 1 unspecified atom stereocenters. The molecule has 22 heteroatoms. The average Bonchev–Trinajstić information content (AvgIpc) is 3.37. The number of nitriles is 1. The van der Waals surface area contributed by atoms with Gasteiger partial charge in [0, 0.05) is 45.8 Å².